The van der Waals surface area contributed by atoms with Crippen LogP contribution in [0.1, 0.15) is 36.4 Å². The molecule has 0 aliphatic heterocycles. The van der Waals surface area contributed by atoms with E-state index in [2.05, 4.69) is 22.2 Å². The maximum absolute atomic E-state index is 11.2. The zero-order valence-electron chi connectivity index (χ0n) is 11.7. The number of anilines is 1. The van der Waals surface area contributed by atoms with E-state index in [9.17, 15) is 10.1 Å². The van der Waals surface area contributed by atoms with E-state index in [4.69, 9.17) is 11.6 Å². The molecule has 1 atom stereocenters. The second-order valence-corrected chi connectivity index (χ2v) is 5.85. The minimum Gasteiger partial charge on any atom is -0.357 e. The van der Waals surface area contributed by atoms with Crippen LogP contribution >= 0.6 is 22.9 Å². The average molecular weight is 327 g/mol. The zero-order chi connectivity index (χ0) is 15.4. The van der Waals surface area contributed by atoms with Crippen molar-refractivity contribution in [1.29, 1.82) is 0 Å². The summed E-state index contributed by atoms with van der Waals surface area (Å²) in [5.74, 6) is 0.171. The minimum atomic E-state index is -0.481. The Morgan fingerprint density at radius 2 is 2.29 bits per heavy atom. The van der Waals surface area contributed by atoms with Crippen molar-refractivity contribution in [3.05, 3.63) is 43.5 Å². The summed E-state index contributed by atoms with van der Waals surface area (Å²) in [7, 11) is 0. The van der Waals surface area contributed by atoms with Gasteiger partial charge in [-0.2, -0.15) is 4.98 Å². The number of thiophene rings is 1. The maximum atomic E-state index is 11.2. The third kappa shape index (κ3) is 3.68. The number of hydrogen-bond donors (Lipinski definition) is 1. The monoisotopic (exact) mass is 326 g/mol. The number of aryl methyl sites for hydroxylation is 1. The van der Waals surface area contributed by atoms with Gasteiger partial charge in [-0.1, -0.05) is 19.4 Å². The van der Waals surface area contributed by atoms with Gasteiger partial charge in [-0.15, -0.1) is 11.3 Å². The van der Waals surface area contributed by atoms with Crippen molar-refractivity contribution < 1.29 is 4.92 Å². The molecule has 6 nitrogen and oxygen atoms in total. The first kappa shape index (κ1) is 15.7. The van der Waals surface area contributed by atoms with E-state index >= 15 is 0 Å². The molecule has 0 aliphatic carbocycles. The lowest BCUT2D eigenvalue weighted by molar-refractivity contribution is -0.385. The first-order valence-corrected chi connectivity index (χ1v) is 7.77. The molecule has 1 N–H and O–H groups in total. The van der Waals surface area contributed by atoms with E-state index in [0.29, 0.717) is 0 Å². The smallest absolute Gasteiger partial charge is 0.332 e. The van der Waals surface area contributed by atoms with Gasteiger partial charge in [0.2, 0.25) is 11.1 Å². The first-order valence-electron chi connectivity index (χ1n) is 6.51. The Morgan fingerprint density at radius 1 is 1.52 bits per heavy atom. The molecule has 112 valence electrons. The SMILES string of the molecule is CCCC(Nc1nc(Cl)nc(C)c1[N+](=O)[O-])c1cccs1. The van der Waals surface area contributed by atoms with Gasteiger partial charge >= 0.3 is 5.69 Å². The number of nitro groups is 1. The highest BCUT2D eigenvalue weighted by Gasteiger charge is 2.24. The summed E-state index contributed by atoms with van der Waals surface area (Å²) < 4.78 is 0. The Hall–Kier alpha value is -1.73. The van der Waals surface area contributed by atoms with Gasteiger partial charge in [0.25, 0.3) is 0 Å². The molecule has 8 heteroatoms. The lowest BCUT2D eigenvalue weighted by atomic mass is 10.1. The van der Waals surface area contributed by atoms with Crippen LogP contribution in [0.4, 0.5) is 11.5 Å². The van der Waals surface area contributed by atoms with Crippen LogP contribution in [-0.4, -0.2) is 14.9 Å². The summed E-state index contributed by atoms with van der Waals surface area (Å²) in [5.41, 5.74) is 0.126. The summed E-state index contributed by atoms with van der Waals surface area (Å²) in [5, 5.41) is 16.4. The van der Waals surface area contributed by atoms with Gasteiger partial charge < -0.3 is 5.32 Å². The predicted molar refractivity (Wildman–Crippen MR) is 84.0 cm³/mol. The van der Waals surface area contributed by atoms with Gasteiger partial charge in [0, 0.05) is 4.88 Å². The fourth-order valence-corrected chi connectivity index (χ4v) is 3.10. The van der Waals surface area contributed by atoms with Crippen LogP contribution in [0.15, 0.2) is 17.5 Å². The molecule has 2 heterocycles. The highest BCUT2D eigenvalue weighted by Crippen LogP contribution is 2.32. The van der Waals surface area contributed by atoms with Crippen molar-refractivity contribution >= 4 is 34.4 Å². The Morgan fingerprint density at radius 3 is 2.86 bits per heavy atom. The van der Waals surface area contributed by atoms with Crippen LogP contribution in [0.25, 0.3) is 0 Å². The summed E-state index contributed by atoms with van der Waals surface area (Å²) in [6.45, 7) is 3.62. The predicted octanol–water partition coefficient (Wildman–Crippen LogP) is 4.36. The van der Waals surface area contributed by atoms with Crippen molar-refractivity contribution in [3.8, 4) is 0 Å². The van der Waals surface area contributed by atoms with Crippen LogP contribution in [0.3, 0.4) is 0 Å². The minimum absolute atomic E-state index is 0.00188. The van der Waals surface area contributed by atoms with Crippen molar-refractivity contribution in [2.24, 2.45) is 0 Å². The molecule has 0 saturated heterocycles. The van der Waals surface area contributed by atoms with Gasteiger partial charge in [0.1, 0.15) is 5.69 Å². The average Bonchev–Trinajstić information content (AvgIpc) is 2.90. The molecule has 2 aromatic rings. The van der Waals surface area contributed by atoms with E-state index in [1.807, 2.05) is 17.5 Å². The summed E-state index contributed by atoms with van der Waals surface area (Å²) >= 11 is 7.43. The van der Waals surface area contributed by atoms with Crippen molar-refractivity contribution in [2.75, 3.05) is 5.32 Å². The van der Waals surface area contributed by atoms with Gasteiger partial charge in [-0.05, 0) is 36.4 Å². The number of nitrogens with one attached hydrogen (secondary N) is 1. The molecule has 2 aromatic heterocycles. The molecular weight excluding hydrogens is 312 g/mol. The van der Waals surface area contributed by atoms with Gasteiger partial charge in [0.05, 0.1) is 11.0 Å². The summed E-state index contributed by atoms with van der Waals surface area (Å²) in [6, 6.07) is 3.93. The van der Waals surface area contributed by atoms with Crippen LogP contribution in [-0.2, 0) is 0 Å². The van der Waals surface area contributed by atoms with E-state index < -0.39 is 4.92 Å². The van der Waals surface area contributed by atoms with Gasteiger partial charge in [-0.3, -0.25) is 10.1 Å². The fraction of sp³-hybridized carbons (Fsp3) is 0.385. The van der Waals surface area contributed by atoms with Crippen LogP contribution < -0.4 is 5.32 Å². The normalized spacial score (nSPS) is 12.1. The molecule has 0 spiro atoms. The van der Waals surface area contributed by atoms with E-state index in [1.165, 1.54) is 0 Å². The maximum Gasteiger partial charge on any atom is 0.332 e. The molecule has 21 heavy (non-hydrogen) atoms. The van der Waals surface area contributed by atoms with Gasteiger partial charge in [0.15, 0.2) is 0 Å². The molecule has 0 amide bonds. The molecule has 0 saturated carbocycles. The second kappa shape index (κ2) is 6.82. The number of hydrogen-bond acceptors (Lipinski definition) is 6. The topological polar surface area (TPSA) is 81.0 Å². The summed E-state index contributed by atoms with van der Waals surface area (Å²) in [6.07, 6.45) is 1.79. The summed E-state index contributed by atoms with van der Waals surface area (Å²) in [4.78, 5) is 19.7. The van der Waals surface area contributed by atoms with Gasteiger partial charge in [-0.25, -0.2) is 4.98 Å². The molecule has 0 aliphatic rings. The van der Waals surface area contributed by atoms with E-state index in [1.54, 1.807) is 18.3 Å². The first-order chi connectivity index (χ1) is 10.0. The lowest BCUT2D eigenvalue weighted by Gasteiger charge is -2.17. The third-order valence-electron chi connectivity index (χ3n) is 2.99. The zero-order valence-corrected chi connectivity index (χ0v) is 13.2. The van der Waals surface area contributed by atoms with Crippen LogP contribution in [0.2, 0.25) is 5.28 Å². The van der Waals surface area contributed by atoms with Crippen molar-refractivity contribution in [1.82, 2.24) is 9.97 Å². The molecular formula is C13H15ClN4O2S. The third-order valence-corrected chi connectivity index (χ3v) is 4.14. The lowest BCUT2D eigenvalue weighted by Crippen LogP contribution is -2.13. The van der Waals surface area contributed by atoms with Crippen LogP contribution in [0, 0.1) is 17.0 Å². The Labute approximate surface area is 131 Å². The second-order valence-electron chi connectivity index (χ2n) is 4.53. The van der Waals surface area contributed by atoms with E-state index in [-0.39, 0.29) is 28.5 Å². The highest BCUT2D eigenvalue weighted by atomic mass is 35.5. The van der Waals surface area contributed by atoms with E-state index in [0.717, 1.165) is 17.7 Å². The number of rotatable bonds is 6. The standard InChI is InChI=1S/C13H15ClN4O2S/c1-3-5-9(10-6-4-7-21-10)16-12-11(18(19)20)8(2)15-13(14)17-12/h4,6-7,9H,3,5H2,1-2H3,(H,15,16,17). The number of halogens is 1. The molecule has 0 fully saturated rings. The number of aromatic nitrogens is 2. The largest absolute Gasteiger partial charge is 0.357 e. The Balaban J connectivity index is 2.38. The molecule has 0 bridgehead atoms. The molecule has 2 rings (SSSR count). The molecule has 0 radical (unpaired) electrons. The van der Waals surface area contributed by atoms with Crippen LogP contribution in [0.5, 0.6) is 0 Å². The Kier molecular flexibility index (Phi) is 5.08. The van der Waals surface area contributed by atoms with Crippen molar-refractivity contribution in [3.63, 3.8) is 0 Å². The Bertz CT molecular complexity index is 633. The fourth-order valence-electron chi connectivity index (χ4n) is 2.08. The molecule has 0 aromatic carbocycles. The van der Waals surface area contributed by atoms with Crippen molar-refractivity contribution in [2.45, 2.75) is 32.7 Å². The quantitative estimate of drug-likeness (QED) is 0.484. The number of nitrogens with zero attached hydrogens (tertiary/aromatic N) is 3. The highest BCUT2D eigenvalue weighted by molar-refractivity contribution is 7.10. The molecule has 1 unspecified atom stereocenters.